The number of H-pyrrole nitrogens is 1. The van der Waals surface area contributed by atoms with Crippen LogP contribution in [0.15, 0.2) is 72.8 Å². The van der Waals surface area contributed by atoms with Crippen molar-refractivity contribution in [1.29, 1.82) is 0 Å². The van der Waals surface area contributed by atoms with Gasteiger partial charge in [-0.1, -0.05) is 79.6 Å². The first-order chi connectivity index (χ1) is 14.7. The number of hydrogen-bond acceptors (Lipinski definition) is 1. The Balaban J connectivity index is 1.77. The number of aromatic nitrogens is 1. The van der Waals surface area contributed by atoms with Gasteiger partial charge in [0.05, 0.1) is 11.7 Å². The van der Waals surface area contributed by atoms with Crippen LogP contribution in [0.3, 0.4) is 0 Å². The smallest absolute Gasteiger partial charge is 0.255 e. The van der Waals surface area contributed by atoms with Crippen LogP contribution in [-0.4, -0.2) is 22.3 Å². The molecule has 2 heterocycles. The molecule has 5 rings (SSSR count). The molecule has 3 aromatic carbocycles. The van der Waals surface area contributed by atoms with Crippen molar-refractivity contribution in [2.45, 2.75) is 32.7 Å². The van der Waals surface area contributed by atoms with E-state index >= 15 is 0 Å². The molecule has 0 saturated heterocycles. The second-order valence-corrected chi connectivity index (χ2v) is 8.17. The average molecular weight is 395 g/mol. The number of carbonyl (C=O) groups excluding carboxylic acids is 1. The maximum Gasteiger partial charge on any atom is 0.255 e. The number of nitrogens with zero attached hydrogens (tertiary/aromatic N) is 1. The molecule has 150 valence electrons. The zero-order chi connectivity index (χ0) is 20.7. The van der Waals surface area contributed by atoms with Crippen molar-refractivity contribution < 1.29 is 4.79 Å². The topological polar surface area (TPSA) is 36.1 Å². The molecule has 3 heteroatoms. The highest BCUT2D eigenvalue weighted by Crippen LogP contribution is 2.45. The summed E-state index contributed by atoms with van der Waals surface area (Å²) < 4.78 is 0. The van der Waals surface area contributed by atoms with Crippen LogP contribution < -0.4 is 0 Å². The molecule has 1 aliphatic heterocycles. The highest BCUT2D eigenvalue weighted by atomic mass is 16.2. The van der Waals surface area contributed by atoms with Crippen molar-refractivity contribution in [3.05, 3.63) is 95.1 Å². The minimum absolute atomic E-state index is 0.0762. The number of aryl methyl sites for hydroxylation is 1. The number of amides is 1. The fourth-order valence-corrected chi connectivity index (χ4v) is 4.64. The number of hydrogen-bond donors (Lipinski definition) is 1. The van der Waals surface area contributed by atoms with Crippen LogP contribution in [0.4, 0.5) is 0 Å². The monoisotopic (exact) mass is 394 g/mol. The fourth-order valence-electron chi connectivity index (χ4n) is 4.64. The number of nitrogens with one attached hydrogen (secondary N) is 1. The normalized spacial score (nSPS) is 15.7. The third-order valence-electron chi connectivity index (χ3n) is 6.17. The molecule has 0 bridgehead atoms. The molecule has 0 saturated carbocycles. The van der Waals surface area contributed by atoms with Crippen molar-refractivity contribution in [1.82, 2.24) is 9.88 Å². The molecular formula is C27H26N2O. The van der Waals surface area contributed by atoms with E-state index in [1.165, 1.54) is 16.5 Å². The fraction of sp³-hybridized carbons (Fsp3) is 0.222. The van der Waals surface area contributed by atoms with E-state index in [9.17, 15) is 4.79 Å². The second-order valence-electron chi connectivity index (χ2n) is 8.17. The van der Waals surface area contributed by atoms with Crippen LogP contribution >= 0.6 is 0 Å². The summed E-state index contributed by atoms with van der Waals surface area (Å²) in [5, 5.41) is 1.18. The molecule has 0 aliphatic carbocycles. The largest absolute Gasteiger partial charge is 0.354 e. The number of aromatic amines is 1. The summed E-state index contributed by atoms with van der Waals surface area (Å²) in [5.74, 6) is 0.143. The van der Waals surface area contributed by atoms with Crippen LogP contribution in [0, 0.1) is 6.92 Å². The van der Waals surface area contributed by atoms with E-state index in [0.717, 1.165) is 47.3 Å². The Morgan fingerprint density at radius 3 is 2.47 bits per heavy atom. The zero-order valence-corrected chi connectivity index (χ0v) is 17.5. The predicted octanol–water partition coefficient (Wildman–Crippen LogP) is 6.49. The van der Waals surface area contributed by atoms with E-state index < -0.39 is 0 Å². The van der Waals surface area contributed by atoms with Crippen molar-refractivity contribution in [3.8, 4) is 11.3 Å². The molecule has 1 aromatic heterocycles. The first kappa shape index (κ1) is 18.7. The Kier molecular flexibility index (Phi) is 4.66. The van der Waals surface area contributed by atoms with Gasteiger partial charge in [0.1, 0.15) is 0 Å². The predicted molar refractivity (Wildman–Crippen MR) is 123 cm³/mol. The van der Waals surface area contributed by atoms with Gasteiger partial charge in [0.2, 0.25) is 0 Å². The van der Waals surface area contributed by atoms with Crippen molar-refractivity contribution in [2.75, 3.05) is 6.54 Å². The Hall–Kier alpha value is -3.33. The minimum Gasteiger partial charge on any atom is -0.354 e. The molecule has 0 unspecified atom stereocenters. The van der Waals surface area contributed by atoms with Gasteiger partial charge in [-0.2, -0.15) is 0 Å². The van der Waals surface area contributed by atoms with Crippen LogP contribution in [0.25, 0.3) is 22.2 Å². The number of benzene rings is 3. The number of fused-ring (bicyclic) bond motifs is 2. The van der Waals surface area contributed by atoms with Crippen LogP contribution in [0.5, 0.6) is 0 Å². The summed E-state index contributed by atoms with van der Waals surface area (Å²) >= 11 is 0. The van der Waals surface area contributed by atoms with E-state index in [2.05, 4.69) is 78.3 Å². The quantitative estimate of drug-likeness (QED) is 0.413. The summed E-state index contributed by atoms with van der Waals surface area (Å²) in [6.45, 7) is 5.04. The lowest BCUT2D eigenvalue weighted by Crippen LogP contribution is -2.30. The SMILES string of the molecule is CCCCN1C(=O)c2ccccc2[C@@H]1c1c(-c2ccc(C)cc2)[nH]c2ccccc12. The van der Waals surface area contributed by atoms with Gasteiger partial charge in [0.15, 0.2) is 0 Å². The Bertz CT molecular complexity index is 1220. The van der Waals surface area contributed by atoms with E-state index in [0.29, 0.717) is 0 Å². The first-order valence-corrected chi connectivity index (χ1v) is 10.8. The minimum atomic E-state index is -0.0762. The Morgan fingerprint density at radius 2 is 1.67 bits per heavy atom. The lowest BCUT2D eigenvalue weighted by atomic mass is 9.93. The Morgan fingerprint density at radius 1 is 0.933 bits per heavy atom. The van der Waals surface area contributed by atoms with Crippen molar-refractivity contribution in [2.24, 2.45) is 0 Å². The van der Waals surface area contributed by atoms with Crippen LogP contribution in [0.2, 0.25) is 0 Å². The summed E-state index contributed by atoms with van der Waals surface area (Å²) in [4.78, 5) is 19.1. The number of unbranched alkanes of at least 4 members (excludes halogenated alkanes) is 1. The summed E-state index contributed by atoms with van der Waals surface area (Å²) in [5.41, 5.74) is 7.74. The van der Waals surface area contributed by atoms with Crippen LogP contribution in [0.1, 0.15) is 52.9 Å². The molecule has 0 radical (unpaired) electrons. The molecule has 1 amide bonds. The molecule has 1 N–H and O–H groups in total. The van der Waals surface area contributed by atoms with Gasteiger partial charge in [0.25, 0.3) is 5.91 Å². The van der Waals surface area contributed by atoms with Crippen LogP contribution in [-0.2, 0) is 0 Å². The molecule has 3 nitrogen and oxygen atoms in total. The third-order valence-corrected chi connectivity index (χ3v) is 6.17. The molecule has 30 heavy (non-hydrogen) atoms. The third kappa shape index (κ3) is 2.93. The maximum absolute atomic E-state index is 13.4. The first-order valence-electron chi connectivity index (χ1n) is 10.8. The van der Waals surface area contributed by atoms with E-state index in [1.54, 1.807) is 0 Å². The van der Waals surface area contributed by atoms with Gasteiger partial charge < -0.3 is 9.88 Å². The lowest BCUT2D eigenvalue weighted by Gasteiger charge is -2.26. The van der Waals surface area contributed by atoms with E-state index in [1.807, 2.05) is 18.2 Å². The van der Waals surface area contributed by atoms with E-state index in [4.69, 9.17) is 0 Å². The van der Waals surface area contributed by atoms with Crippen molar-refractivity contribution in [3.63, 3.8) is 0 Å². The highest BCUT2D eigenvalue weighted by Gasteiger charge is 2.39. The molecule has 1 atom stereocenters. The number of carbonyl (C=O) groups is 1. The van der Waals surface area contributed by atoms with Gasteiger partial charge in [-0.15, -0.1) is 0 Å². The van der Waals surface area contributed by atoms with Crippen molar-refractivity contribution >= 4 is 16.8 Å². The van der Waals surface area contributed by atoms with E-state index in [-0.39, 0.29) is 11.9 Å². The maximum atomic E-state index is 13.4. The zero-order valence-electron chi connectivity index (χ0n) is 17.5. The van der Waals surface area contributed by atoms with Gasteiger partial charge in [-0.25, -0.2) is 0 Å². The molecule has 1 aliphatic rings. The number of rotatable bonds is 5. The molecular weight excluding hydrogens is 368 g/mol. The standard InChI is InChI=1S/C27H26N2O/c1-3-4-17-29-26(20-9-5-6-10-21(20)27(29)30)24-22-11-7-8-12-23(22)28-25(24)19-15-13-18(2)14-16-19/h5-16,26,28H,3-4,17H2,1-2H3/t26-/m1/s1. The molecule has 4 aromatic rings. The summed E-state index contributed by atoms with van der Waals surface area (Å²) in [6, 6.07) is 25.1. The highest BCUT2D eigenvalue weighted by molar-refractivity contribution is 6.02. The lowest BCUT2D eigenvalue weighted by molar-refractivity contribution is 0.0748. The average Bonchev–Trinajstić information content (AvgIpc) is 3.28. The summed E-state index contributed by atoms with van der Waals surface area (Å²) in [7, 11) is 0. The van der Waals surface area contributed by atoms with Gasteiger partial charge in [0, 0.05) is 28.6 Å². The summed E-state index contributed by atoms with van der Waals surface area (Å²) in [6.07, 6.45) is 2.06. The van der Waals surface area contributed by atoms with Gasteiger partial charge >= 0.3 is 0 Å². The molecule has 0 spiro atoms. The van der Waals surface area contributed by atoms with Gasteiger partial charge in [-0.3, -0.25) is 4.79 Å². The molecule has 0 fully saturated rings. The Labute approximate surface area is 177 Å². The number of para-hydroxylation sites is 1. The second kappa shape index (κ2) is 7.49. The van der Waals surface area contributed by atoms with Gasteiger partial charge in [-0.05, 0) is 36.6 Å².